The van der Waals surface area contributed by atoms with E-state index in [9.17, 15) is 18.0 Å². The summed E-state index contributed by atoms with van der Waals surface area (Å²) >= 11 is 12.9. The highest BCUT2D eigenvalue weighted by molar-refractivity contribution is 7.89. The lowest BCUT2D eigenvalue weighted by Crippen LogP contribution is -2.54. The van der Waals surface area contributed by atoms with Gasteiger partial charge in [0.2, 0.25) is 21.8 Å². The second-order valence-electron chi connectivity index (χ2n) is 9.66. The van der Waals surface area contributed by atoms with Gasteiger partial charge in [-0.05, 0) is 50.6 Å². The molecule has 0 unspecified atom stereocenters. The fourth-order valence-electron chi connectivity index (χ4n) is 4.04. The zero-order valence-electron chi connectivity index (χ0n) is 22.4. The minimum Gasteiger partial charge on any atom is -0.352 e. The molecule has 0 aliphatic heterocycles. The van der Waals surface area contributed by atoms with Crippen LogP contribution >= 0.6 is 23.2 Å². The number of likely N-dealkylation sites (N-methyl/N-ethyl adjacent to an activating group) is 1. The highest BCUT2D eigenvalue weighted by Crippen LogP contribution is 2.27. The van der Waals surface area contributed by atoms with Gasteiger partial charge in [0, 0.05) is 41.7 Å². The van der Waals surface area contributed by atoms with Gasteiger partial charge < -0.3 is 10.2 Å². The first-order valence-corrected chi connectivity index (χ1v) is 14.7. The van der Waals surface area contributed by atoms with Crippen LogP contribution in [0.4, 0.5) is 0 Å². The second kappa shape index (κ2) is 13.4. The number of nitrogens with one attached hydrogen (secondary N) is 1. The molecule has 0 aromatic heterocycles. The standard InChI is InChI=1S/C29H33Cl2N3O4S/c1-20(2)32-29(36)27(17-22-9-6-5-7-10-22)34(18-24-25(30)11-8-12-26(24)31)28(35)19-33(4)39(37,38)23-15-13-21(3)14-16-23/h5-16,20,27H,17-19H2,1-4H3,(H,32,36)/t27-/m0/s1. The molecule has 39 heavy (non-hydrogen) atoms. The van der Waals surface area contributed by atoms with Crippen molar-refractivity contribution in [3.8, 4) is 0 Å². The van der Waals surface area contributed by atoms with Crippen molar-refractivity contribution in [2.24, 2.45) is 0 Å². The minimum absolute atomic E-state index is 0.0717. The van der Waals surface area contributed by atoms with Crippen molar-refractivity contribution in [3.05, 3.63) is 99.5 Å². The molecule has 2 amide bonds. The molecule has 0 aliphatic rings. The van der Waals surface area contributed by atoms with Gasteiger partial charge in [-0.3, -0.25) is 9.59 Å². The van der Waals surface area contributed by atoms with Gasteiger partial charge in [-0.1, -0.05) is 77.3 Å². The number of sulfonamides is 1. The van der Waals surface area contributed by atoms with E-state index in [0.717, 1.165) is 15.4 Å². The molecule has 3 rings (SSSR count). The number of halogens is 2. The third kappa shape index (κ3) is 8.05. The van der Waals surface area contributed by atoms with E-state index in [1.165, 1.54) is 24.1 Å². The smallest absolute Gasteiger partial charge is 0.243 e. The minimum atomic E-state index is -3.96. The van der Waals surface area contributed by atoms with Crippen LogP contribution in [-0.2, 0) is 32.6 Å². The van der Waals surface area contributed by atoms with Crippen molar-refractivity contribution in [2.75, 3.05) is 13.6 Å². The van der Waals surface area contributed by atoms with Crippen molar-refractivity contribution in [3.63, 3.8) is 0 Å². The molecule has 0 saturated heterocycles. The van der Waals surface area contributed by atoms with Crippen LogP contribution in [0.1, 0.15) is 30.5 Å². The Bertz CT molecular complexity index is 1380. The maximum atomic E-state index is 13.9. The Hall–Kier alpha value is -2.91. The molecular weight excluding hydrogens is 557 g/mol. The highest BCUT2D eigenvalue weighted by Gasteiger charge is 2.34. The lowest BCUT2D eigenvalue weighted by atomic mass is 10.0. The van der Waals surface area contributed by atoms with Crippen molar-refractivity contribution in [2.45, 2.75) is 50.7 Å². The molecule has 0 saturated carbocycles. The summed E-state index contributed by atoms with van der Waals surface area (Å²) in [6.45, 7) is 4.95. The number of aryl methyl sites for hydroxylation is 1. The zero-order valence-corrected chi connectivity index (χ0v) is 24.7. The number of hydrogen-bond acceptors (Lipinski definition) is 4. The predicted octanol–water partition coefficient (Wildman–Crippen LogP) is 5.09. The van der Waals surface area contributed by atoms with E-state index in [2.05, 4.69) is 5.32 Å². The van der Waals surface area contributed by atoms with E-state index in [1.807, 2.05) is 51.1 Å². The van der Waals surface area contributed by atoms with Crippen molar-refractivity contribution in [1.82, 2.24) is 14.5 Å². The maximum absolute atomic E-state index is 13.9. The molecule has 1 N–H and O–H groups in total. The first kappa shape index (κ1) is 30.6. The summed E-state index contributed by atoms with van der Waals surface area (Å²) in [5.74, 6) is -0.932. The van der Waals surface area contributed by atoms with Crippen molar-refractivity contribution in [1.29, 1.82) is 0 Å². The second-order valence-corrected chi connectivity index (χ2v) is 12.5. The quantitative estimate of drug-likeness (QED) is 0.337. The molecule has 0 aliphatic carbocycles. The molecule has 7 nitrogen and oxygen atoms in total. The summed E-state index contributed by atoms with van der Waals surface area (Å²) in [5.41, 5.74) is 2.22. The Morgan fingerprint density at radius 1 is 0.897 bits per heavy atom. The molecule has 208 valence electrons. The van der Waals surface area contributed by atoms with Crippen LogP contribution in [0, 0.1) is 6.92 Å². The highest BCUT2D eigenvalue weighted by atomic mass is 35.5. The summed E-state index contributed by atoms with van der Waals surface area (Å²) < 4.78 is 27.5. The fourth-order valence-corrected chi connectivity index (χ4v) is 5.68. The summed E-state index contributed by atoms with van der Waals surface area (Å²) in [6, 6.07) is 19.6. The molecule has 0 bridgehead atoms. The number of nitrogens with zero attached hydrogens (tertiary/aromatic N) is 2. The van der Waals surface area contributed by atoms with Crippen LogP contribution in [0.5, 0.6) is 0 Å². The third-order valence-corrected chi connectivity index (χ3v) is 8.71. The topological polar surface area (TPSA) is 86.8 Å². The molecule has 0 heterocycles. The van der Waals surface area contributed by atoms with Crippen molar-refractivity contribution < 1.29 is 18.0 Å². The normalized spacial score (nSPS) is 12.4. The predicted molar refractivity (Wildman–Crippen MR) is 155 cm³/mol. The van der Waals surface area contributed by atoms with Crippen LogP contribution in [-0.4, -0.2) is 55.1 Å². The van der Waals surface area contributed by atoms with E-state index in [0.29, 0.717) is 15.6 Å². The van der Waals surface area contributed by atoms with Gasteiger partial charge >= 0.3 is 0 Å². The SMILES string of the molecule is Cc1ccc(S(=O)(=O)N(C)CC(=O)N(Cc2c(Cl)cccc2Cl)[C@@H](Cc2ccccc2)C(=O)NC(C)C)cc1. The molecule has 0 fully saturated rings. The average Bonchev–Trinajstić information content (AvgIpc) is 2.88. The van der Waals surface area contributed by atoms with Gasteiger partial charge in [0.05, 0.1) is 11.4 Å². The lowest BCUT2D eigenvalue weighted by molar-refractivity contribution is -0.141. The van der Waals surface area contributed by atoms with Gasteiger partial charge in [-0.25, -0.2) is 8.42 Å². The molecule has 0 radical (unpaired) electrons. The first-order chi connectivity index (χ1) is 18.4. The van der Waals surface area contributed by atoms with Crippen LogP contribution in [0.2, 0.25) is 10.0 Å². The molecule has 0 spiro atoms. The van der Waals surface area contributed by atoms with Gasteiger partial charge in [0.1, 0.15) is 6.04 Å². The molecular formula is C29H33Cl2N3O4S. The number of hydrogen-bond donors (Lipinski definition) is 1. The number of rotatable bonds is 11. The molecule has 3 aromatic rings. The van der Waals surface area contributed by atoms with Gasteiger partial charge in [-0.2, -0.15) is 4.31 Å². The van der Waals surface area contributed by atoms with E-state index < -0.39 is 28.5 Å². The van der Waals surface area contributed by atoms with Crippen molar-refractivity contribution >= 4 is 45.0 Å². The Labute approximate surface area is 240 Å². The lowest BCUT2D eigenvalue weighted by Gasteiger charge is -2.33. The molecule has 3 aromatic carbocycles. The van der Waals surface area contributed by atoms with Gasteiger partial charge in [0.15, 0.2) is 0 Å². The van der Waals surface area contributed by atoms with Crippen LogP contribution in [0.3, 0.4) is 0 Å². The Kier molecular flexibility index (Phi) is 10.6. The Morgan fingerprint density at radius 3 is 2.05 bits per heavy atom. The number of amides is 2. The Morgan fingerprint density at radius 2 is 1.49 bits per heavy atom. The zero-order chi connectivity index (χ0) is 28.7. The third-order valence-electron chi connectivity index (χ3n) is 6.18. The maximum Gasteiger partial charge on any atom is 0.243 e. The van der Waals surface area contributed by atoms with Crippen LogP contribution in [0.25, 0.3) is 0 Å². The Balaban J connectivity index is 2.02. The summed E-state index contributed by atoms with van der Waals surface area (Å²) in [4.78, 5) is 28.8. The van der Waals surface area contributed by atoms with Crippen LogP contribution < -0.4 is 5.32 Å². The van der Waals surface area contributed by atoms with Gasteiger partial charge in [0.25, 0.3) is 0 Å². The monoisotopic (exact) mass is 589 g/mol. The first-order valence-electron chi connectivity index (χ1n) is 12.5. The van der Waals surface area contributed by atoms with Crippen LogP contribution in [0.15, 0.2) is 77.7 Å². The van der Waals surface area contributed by atoms with E-state index in [-0.39, 0.29) is 29.8 Å². The molecule has 10 heteroatoms. The fraction of sp³-hybridized carbons (Fsp3) is 0.310. The average molecular weight is 591 g/mol. The number of carbonyl (C=O) groups excluding carboxylic acids is 2. The number of carbonyl (C=O) groups is 2. The van der Waals surface area contributed by atoms with E-state index in [1.54, 1.807) is 30.3 Å². The summed E-state index contributed by atoms with van der Waals surface area (Å²) in [7, 11) is -2.62. The number of benzene rings is 3. The molecule has 1 atom stereocenters. The largest absolute Gasteiger partial charge is 0.352 e. The van der Waals surface area contributed by atoms with E-state index in [4.69, 9.17) is 23.2 Å². The summed E-state index contributed by atoms with van der Waals surface area (Å²) in [6.07, 6.45) is 0.210. The van der Waals surface area contributed by atoms with E-state index >= 15 is 0 Å². The summed E-state index contributed by atoms with van der Waals surface area (Å²) in [5, 5.41) is 3.57. The van der Waals surface area contributed by atoms with Gasteiger partial charge in [-0.15, -0.1) is 0 Å².